The van der Waals surface area contributed by atoms with Crippen LogP contribution < -0.4 is 34.4 Å². The first kappa shape index (κ1) is 23.2. The Hall–Kier alpha value is -2.11. The Kier molecular flexibility index (Phi) is 14.9. The first-order valence-corrected chi connectivity index (χ1v) is 7.16. The van der Waals surface area contributed by atoms with Crippen LogP contribution in [-0.4, -0.2) is 59.9 Å². The molecule has 0 aromatic heterocycles. The molecule has 0 radical (unpaired) electrons. The van der Waals surface area contributed by atoms with Crippen molar-refractivity contribution in [2.75, 3.05) is 19.7 Å². The number of carboxylic acid groups (broad SMARTS) is 1. The van der Waals surface area contributed by atoms with Gasteiger partial charge in [-0.3, -0.25) is 14.8 Å². The molecule has 0 heterocycles. The monoisotopic (exact) mass is 334 g/mol. The highest BCUT2D eigenvalue weighted by molar-refractivity contribution is 5.76. The van der Waals surface area contributed by atoms with Crippen LogP contribution in [0.4, 0.5) is 0 Å². The van der Waals surface area contributed by atoms with E-state index in [1.807, 2.05) is 0 Å². The van der Waals surface area contributed by atoms with E-state index in [0.29, 0.717) is 25.9 Å². The van der Waals surface area contributed by atoms with Crippen LogP contribution in [0, 0.1) is 0 Å². The lowest BCUT2D eigenvalue weighted by atomic mass is 10.2. The van der Waals surface area contributed by atoms with Crippen LogP contribution in [0.2, 0.25) is 0 Å². The summed E-state index contributed by atoms with van der Waals surface area (Å²) < 4.78 is 0. The third kappa shape index (κ3) is 19.9. The van der Waals surface area contributed by atoms with Crippen LogP contribution >= 0.6 is 0 Å². The third-order valence-electron chi connectivity index (χ3n) is 2.55. The number of hydrogen-bond acceptors (Lipinski definition) is 6. The van der Waals surface area contributed by atoms with Gasteiger partial charge in [0.05, 0.1) is 6.61 Å². The van der Waals surface area contributed by atoms with Crippen LogP contribution in [0.25, 0.3) is 0 Å². The third-order valence-corrected chi connectivity index (χ3v) is 2.55. The summed E-state index contributed by atoms with van der Waals surface area (Å²) in [6.45, 7) is 1.02. The average Bonchev–Trinajstić information content (AvgIpc) is 2.47. The number of aliphatic carboxylic acids is 1. The van der Waals surface area contributed by atoms with Gasteiger partial charge < -0.3 is 44.6 Å². The molecule has 0 saturated heterocycles. The number of aliphatic hydroxyl groups is 1. The molecule has 0 fully saturated rings. The molecular formula is C12H30N8O3. The molecule has 0 saturated carbocycles. The summed E-state index contributed by atoms with van der Waals surface area (Å²) in [5.41, 5.74) is 30.9. The Balaban J connectivity index is 0. The molecule has 0 spiro atoms. The second kappa shape index (κ2) is 14.8. The maximum Gasteiger partial charge on any atom is 0.320 e. The minimum absolute atomic E-state index is 0.0129. The molecular weight excluding hydrogens is 304 g/mol. The maximum absolute atomic E-state index is 10.2. The molecule has 0 aliphatic carbocycles. The van der Waals surface area contributed by atoms with E-state index in [9.17, 15) is 4.79 Å². The summed E-state index contributed by atoms with van der Waals surface area (Å²) in [7, 11) is 0. The Labute approximate surface area is 135 Å². The maximum atomic E-state index is 10.2. The molecule has 11 nitrogen and oxygen atoms in total. The number of carboxylic acids is 1. The van der Waals surface area contributed by atoms with Crippen molar-refractivity contribution in [1.82, 2.24) is 0 Å². The van der Waals surface area contributed by atoms with Crippen LogP contribution in [0.1, 0.15) is 25.7 Å². The van der Waals surface area contributed by atoms with E-state index in [0.717, 1.165) is 12.8 Å². The molecule has 0 aliphatic heterocycles. The molecule has 2 atom stereocenters. The van der Waals surface area contributed by atoms with Crippen molar-refractivity contribution in [3.05, 3.63) is 0 Å². The van der Waals surface area contributed by atoms with Crippen molar-refractivity contribution < 1.29 is 15.0 Å². The number of rotatable bonds is 10. The van der Waals surface area contributed by atoms with Crippen molar-refractivity contribution in [2.24, 2.45) is 44.4 Å². The number of aliphatic imine (C=N–C) groups is 2. The lowest BCUT2D eigenvalue weighted by molar-refractivity contribution is -0.138. The van der Waals surface area contributed by atoms with Crippen LogP contribution in [0.5, 0.6) is 0 Å². The van der Waals surface area contributed by atoms with Gasteiger partial charge in [0.2, 0.25) is 0 Å². The number of hydrogen-bond donors (Lipinski definition) is 8. The number of nitrogens with two attached hydrogens (primary N) is 6. The fourth-order valence-corrected chi connectivity index (χ4v) is 1.30. The summed E-state index contributed by atoms with van der Waals surface area (Å²) in [6.07, 6.45) is 2.50. The highest BCUT2D eigenvalue weighted by Gasteiger charge is 2.09. The molecule has 11 heteroatoms. The first-order valence-electron chi connectivity index (χ1n) is 7.16. The van der Waals surface area contributed by atoms with Gasteiger partial charge in [-0.25, -0.2) is 0 Å². The minimum atomic E-state index is -1.00. The summed E-state index contributed by atoms with van der Waals surface area (Å²) in [4.78, 5) is 17.7. The molecule has 0 unspecified atom stereocenters. The topological polar surface area (TPSA) is 238 Å². The highest BCUT2D eigenvalue weighted by Crippen LogP contribution is 1.94. The van der Waals surface area contributed by atoms with Gasteiger partial charge in [-0.15, -0.1) is 0 Å². The lowest BCUT2D eigenvalue weighted by Crippen LogP contribution is -2.30. The molecule has 23 heavy (non-hydrogen) atoms. The van der Waals surface area contributed by atoms with Gasteiger partial charge in [-0.05, 0) is 25.7 Å². The summed E-state index contributed by atoms with van der Waals surface area (Å²) in [5, 5.41) is 16.9. The quantitative estimate of drug-likeness (QED) is 0.114. The molecule has 136 valence electrons. The van der Waals surface area contributed by atoms with Crippen molar-refractivity contribution in [2.45, 2.75) is 37.8 Å². The molecule has 0 amide bonds. The Morgan fingerprint density at radius 1 is 0.913 bits per heavy atom. The molecule has 0 aromatic carbocycles. The van der Waals surface area contributed by atoms with E-state index in [2.05, 4.69) is 9.98 Å². The summed E-state index contributed by atoms with van der Waals surface area (Å²) in [6, 6.07) is -0.969. The smallest absolute Gasteiger partial charge is 0.320 e. The van der Waals surface area contributed by atoms with E-state index in [-0.39, 0.29) is 24.6 Å². The zero-order valence-corrected chi connectivity index (χ0v) is 13.3. The first-order chi connectivity index (χ1) is 10.7. The standard InChI is InChI=1S/C6H14N4O2.C6H16N4O/c7-4(5(11)12)2-1-3-10-6(8)9;7-5(4-11)2-1-3-10-6(8)9/h4H,1-3,7H2,(H,11,12)(H4,8,9,10);5,11H,1-4,7H2,(H4,8,9,10)/t4-;5-/m00/s1. The Morgan fingerprint density at radius 2 is 1.35 bits per heavy atom. The summed E-state index contributed by atoms with van der Waals surface area (Å²) >= 11 is 0. The van der Waals surface area contributed by atoms with Crippen molar-refractivity contribution >= 4 is 17.9 Å². The van der Waals surface area contributed by atoms with Gasteiger partial charge in [-0.1, -0.05) is 0 Å². The number of guanidine groups is 2. The fraction of sp³-hybridized carbons (Fsp3) is 0.750. The van der Waals surface area contributed by atoms with Crippen LogP contribution in [0.3, 0.4) is 0 Å². The van der Waals surface area contributed by atoms with Gasteiger partial charge >= 0.3 is 5.97 Å². The molecule has 0 bridgehead atoms. The van der Waals surface area contributed by atoms with E-state index >= 15 is 0 Å². The Morgan fingerprint density at radius 3 is 1.70 bits per heavy atom. The van der Waals surface area contributed by atoms with E-state index in [4.69, 9.17) is 44.6 Å². The lowest BCUT2D eigenvalue weighted by Gasteiger charge is -2.04. The SMILES string of the molecule is NC(N)=NCCC[C@H](N)C(=O)O.NC(N)=NCCC[C@H](N)CO. The molecule has 0 rings (SSSR count). The highest BCUT2D eigenvalue weighted by atomic mass is 16.4. The predicted molar refractivity (Wildman–Crippen MR) is 90.5 cm³/mol. The number of aliphatic hydroxyl groups excluding tert-OH is 1. The average molecular weight is 334 g/mol. The second-order valence-electron chi connectivity index (χ2n) is 4.79. The minimum Gasteiger partial charge on any atom is -0.480 e. The molecule has 0 aliphatic rings. The predicted octanol–water partition coefficient (Wildman–Crippen LogP) is -3.19. The fourth-order valence-electron chi connectivity index (χ4n) is 1.30. The number of carbonyl (C=O) groups is 1. The zero-order valence-electron chi connectivity index (χ0n) is 13.3. The van der Waals surface area contributed by atoms with E-state index in [1.54, 1.807) is 0 Å². The van der Waals surface area contributed by atoms with Gasteiger partial charge in [0, 0.05) is 19.1 Å². The van der Waals surface area contributed by atoms with Gasteiger partial charge in [0.15, 0.2) is 11.9 Å². The van der Waals surface area contributed by atoms with E-state index in [1.165, 1.54) is 0 Å². The van der Waals surface area contributed by atoms with Gasteiger partial charge in [0.25, 0.3) is 0 Å². The Bertz CT molecular complexity index is 367. The summed E-state index contributed by atoms with van der Waals surface area (Å²) in [5.74, 6) is -0.888. The zero-order chi connectivity index (χ0) is 18.3. The van der Waals surface area contributed by atoms with Crippen molar-refractivity contribution in [1.29, 1.82) is 0 Å². The molecule has 14 N–H and O–H groups in total. The molecule has 0 aromatic rings. The van der Waals surface area contributed by atoms with Crippen molar-refractivity contribution in [3.63, 3.8) is 0 Å². The largest absolute Gasteiger partial charge is 0.480 e. The number of nitrogens with zero attached hydrogens (tertiary/aromatic N) is 2. The van der Waals surface area contributed by atoms with Gasteiger partial charge in [0.1, 0.15) is 6.04 Å². The van der Waals surface area contributed by atoms with E-state index < -0.39 is 12.0 Å². The normalized spacial score (nSPS) is 12.3. The van der Waals surface area contributed by atoms with Crippen LogP contribution in [0.15, 0.2) is 9.98 Å². The van der Waals surface area contributed by atoms with Gasteiger partial charge in [-0.2, -0.15) is 0 Å². The second-order valence-corrected chi connectivity index (χ2v) is 4.79. The van der Waals surface area contributed by atoms with Crippen LogP contribution in [-0.2, 0) is 4.79 Å². The van der Waals surface area contributed by atoms with Crippen molar-refractivity contribution in [3.8, 4) is 0 Å².